The molecule has 0 aliphatic carbocycles. The highest BCUT2D eigenvalue weighted by Crippen LogP contribution is 2.34. The van der Waals surface area contributed by atoms with Gasteiger partial charge in [-0.1, -0.05) is 42.5 Å². The summed E-state index contributed by atoms with van der Waals surface area (Å²) in [6, 6.07) is 15.0. The van der Waals surface area contributed by atoms with E-state index in [1.165, 1.54) is 0 Å². The SMILES string of the molecule is C[C@H]1C(=O)Nc2ccc(S(=O)(=O)N3CCN(C/C=C/c4ccccc4)CC3)cc21. The van der Waals surface area contributed by atoms with Crippen molar-refractivity contribution in [3.63, 3.8) is 0 Å². The maximum Gasteiger partial charge on any atom is 0.243 e. The Balaban J connectivity index is 1.38. The zero-order valence-electron chi connectivity index (χ0n) is 16.4. The van der Waals surface area contributed by atoms with Crippen molar-refractivity contribution >= 4 is 27.7 Å². The van der Waals surface area contributed by atoms with E-state index in [2.05, 4.69) is 34.5 Å². The first-order chi connectivity index (χ1) is 13.9. The number of nitrogens with zero attached hydrogens (tertiary/aromatic N) is 2. The fourth-order valence-corrected chi connectivity index (χ4v) is 5.22. The topological polar surface area (TPSA) is 69.7 Å². The number of hydrogen-bond acceptors (Lipinski definition) is 4. The Labute approximate surface area is 171 Å². The number of rotatable bonds is 5. The summed E-state index contributed by atoms with van der Waals surface area (Å²) in [5.74, 6) is -0.417. The molecule has 2 aromatic rings. The van der Waals surface area contributed by atoms with Gasteiger partial charge in [0.05, 0.1) is 10.8 Å². The molecular weight excluding hydrogens is 386 g/mol. The molecule has 2 aromatic carbocycles. The summed E-state index contributed by atoms with van der Waals surface area (Å²) in [6.07, 6.45) is 4.20. The second-order valence-corrected chi connectivity index (χ2v) is 9.42. The summed E-state index contributed by atoms with van der Waals surface area (Å²) in [5.41, 5.74) is 2.62. The number of sulfonamides is 1. The first-order valence-electron chi connectivity index (χ1n) is 9.84. The van der Waals surface area contributed by atoms with E-state index in [0.29, 0.717) is 31.9 Å². The Morgan fingerprint density at radius 3 is 2.52 bits per heavy atom. The Morgan fingerprint density at radius 2 is 1.79 bits per heavy atom. The van der Waals surface area contributed by atoms with Crippen LogP contribution in [0.5, 0.6) is 0 Å². The molecule has 2 aliphatic heterocycles. The first-order valence-corrected chi connectivity index (χ1v) is 11.3. The largest absolute Gasteiger partial charge is 0.325 e. The Kier molecular flexibility index (Phi) is 5.54. The van der Waals surface area contributed by atoms with Crippen molar-refractivity contribution in [2.24, 2.45) is 0 Å². The summed E-state index contributed by atoms with van der Waals surface area (Å²) in [7, 11) is -3.56. The van der Waals surface area contributed by atoms with Crippen molar-refractivity contribution < 1.29 is 13.2 Å². The van der Waals surface area contributed by atoms with Gasteiger partial charge in [-0.05, 0) is 36.2 Å². The maximum absolute atomic E-state index is 13.1. The summed E-state index contributed by atoms with van der Waals surface area (Å²) in [6.45, 7) is 4.91. The number of benzene rings is 2. The number of anilines is 1. The highest BCUT2D eigenvalue weighted by molar-refractivity contribution is 7.89. The van der Waals surface area contributed by atoms with Gasteiger partial charge in [0, 0.05) is 38.4 Å². The lowest BCUT2D eigenvalue weighted by atomic mass is 10.0. The average Bonchev–Trinajstić information content (AvgIpc) is 3.02. The third-order valence-corrected chi connectivity index (χ3v) is 7.48. The predicted octanol–water partition coefficient (Wildman–Crippen LogP) is 2.76. The van der Waals surface area contributed by atoms with E-state index in [0.717, 1.165) is 17.7 Å². The molecule has 0 aromatic heterocycles. The molecule has 4 rings (SSSR count). The normalized spacial score (nSPS) is 20.7. The van der Waals surface area contributed by atoms with E-state index in [4.69, 9.17) is 0 Å². The smallest absolute Gasteiger partial charge is 0.243 e. The molecule has 0 saturated carbocycles. The molecule has 1 N–H and O–H groups in total. The highest BCUT2D eigenvalue weighted by Gasteiger charge is 2.32. The fourth-order valence-electron chi connectivity index (χ4n) is 3.76. The third kappa shape index (κ3) is 4.12. The van der Waals surface area contributed by atoms with E-state index >= 15 is 0 Å². The van der Waals surface area contributed by atoms with Gasteiger partial charge in [0.15, 0.2) is 0 Å². The number of carbonyl (C=O) groups excluding carboxylic acids is 1. The highest BCUT2D eigenvalue weighted by atomic mass is 32.2. The molecule has 0 unspecified atom stereocenters. The number of piperazine rings is 1. The number of hydrogen-bond donors (Lipinski definition) is 1. The van der Waals surface area contributed by atoms with Gasteiger partial charge in [0.1, 0.15) is 0 Å². The molecular formula is C22H25N3O3S. The van der Waals surface area contributed by atoms with Crippen molar-refractivity contribution in [2.75, 3.05) is 38.0 Å². The van der Waals surface area contributed by atoms with Gasteiger partial charge in [-0.15, -0.1) is 0 Å². The molecule has 2 heterocycles. The van der Waals surface area contributed by atoms with Gasteiger partial charge in [0.25, 0.3) is 0 Å². The quantitative estimate of drug-likeness (QED) is 0.821. The molecule has 0 bridgehead atoms. The molecule has 0 radical (unpaired) electrons. The van der Waals surface area contributed by atoms with E-state index < -0.39 is 10.0 Å². The molecule has 1 atom stereocenters. The van der Waals surface area contributed by atoms with Crippen molar-refractivity contribution in [1.29, 1.82) is 0 Å². The lowest BCUT2D eigenvalue weighted by Gasteiger charge is -2.33. The van der Waals surface area contributed by atoms with Crippen LogP contribution in [0.2, 0.25) is 0 Å². The monoisotopic (exact) mass is 411 g/mol. The van der Waals surface area contributed by atoms with Gasteiger partial charge in [-0.25, -0.2) is 8.42 Å². The van der Waals surface area contributed by atoms with E-state index in [1.807, 2.05) is 18.2 Å². The molecule has 7 heteroatoms. The van der Waals surface area contributed by atoms with Crippen molar-refractivity contribution in [3.05, 3.63) is 65.7 Å². The molecule has 2 aliphatic rings. The number of carbonyl (C=O) groups is 1. The molecule has 6 nitrogen and oxygen atoms in total. The standard InChI is InChI=1S/C22H25N3O3S/c1-17-20-16-19(9-10-21(20)23-22(17)26)29(27,28)25-14-12-24(13-15-25)11-5-8-18-6-3-2-4-7-18/h2-10,16-17H,11-15H2,1H3,(H,23,26)/b8-5+/t17-/m1/s1. The summed E-state index contributed by atoms with van der Waals surface area (Å²) >= 11 is 0. The summed E-state index contributed by atoms with van der Waals surface area (Å²) in [5, 5.41) is 2.78. The molecule has 152 valence electrons. The lowest BCUT2D eigenvalue weighted by Crippen LogP contribution is -2.48. The third-order valence-electron chi connectivity index (χ3n) is 5.58. The van der Waals surface area contributed by atoms with Crippen LogP contribution in [0.1, 0.15) is 24.0 Å². The molecule has 1 fully saturated rings. The van der Waals surface area contributed by atoms with Crippen LogP contribution in [-0.4, -0.2) is 56.3 Å². The molecule has 29 heavy (non-hydrogen) atoms. The van der Waals surface area contributed by atoms with Crippen LogP contribution in [0.15, 0.2) is 59.5 Å². The van der Waals surface area contributed by atoms with Crippen LogP contribution < -0.4 is 5.32 Å². The molecule has 1 amide bonds. The average molecular weight is 412 g/mol. The first kappa shape index (κ1) is 19.8. The number of nitrogens with one attached hydrogen (secondary N) is 1. The van der Waals surface area contributed by atoms with Gasteiger partial charge < -0.3 is 5.32 Å². The Morgan fingerprint density at radius 1 is 1.07 bits per heavy atom. The van der Waals surface area contributed by atoms with Crippen molar-refractivity contribution in [2.45, 2.75) is 17.7 Å². The van der Waals surface area contributed by atoms with Gasteiger partial charge >= 0.3 is 0 Å². The second-order valence-electron chi connectivity index (χ2n) is 7.48. The Hall–Kier alpha value is -2.48. The van der Waals surface area contributed by atoms with E-state index in [-0.39, 0.29) is 16.7 Å². The second kappa shape index (κ2) is 8.10. The maximum atomic E-state index is 13.1. The van der Waals surface area contributed by atoms with Gasteiger partial charge in [-0.3, -0.25) is 9.69 Å². The van der Waals surface area contributed by atoms with Crippen LogP contribution in [0.25, 0.3) is 6.08 Å². The number of amides is 1. The predicted molar refractivity (Wildman–Crippen MR) is 114 cm³/mol. The van der Waals surface area contributed by atoms with Crippen molar-refractivity contribution in [1.82, 2.24) is 9.21 Å². The van der Waals surface area contributed by atoms with Crippen molar-refractivity contribution in [3.8, 4) is 0 Å². The van der Waals surface area contributed by atoms with Crippen LogP contribution in [-0.2, 0) is 14.8 Å². The minimum Gasteiger partial charge on any atom is -0.325 e. The number of fused-ring (bicyclic) bond motifs is 1. The van der Waals surface area contributed by atoms with Gasteiger partial charge in [0.2, 0.25) is 15.9 Å². The summed E-state index contributed by atoms with van der Waals surface area (Å²) < 4.78 is 27.7. The van der Waals surface area contributed by atoms with Crippen LogP contribution in [0.4, 0.5) is 5.69 Å². The van der Waals surface area contributed by atoms with Crippen LogP contribution in [0.3, 0.4) is 0 Å². The lowest BCUT2D eigenvalue weighted by molar-refractivity contribution is -0.116. The van der Waals surface area contributed by atoms with Crippen LogP contribution >= 0.6 is 0 Å². The van der Waals surface area contributed by atoms with Crippen LogP contribution in [0, 0.1) is 0 Å². The zero-order chi connectivity index (χ0) is 20.4. The minimum absolute atomic E-state index is 0.0910. The zero-order valence-corrected chi connectivity index (χ0v) is 17.2. The minimum atomic E-state index is -3.56. The molecule has 1 saturated heterocycles. The Bertz CT molecular complexity index is 1030. The summed E-state index contributed by atoms with van der Waals surface area (Å²) in [4.78, 5) is 14.3. The van der Waals surface area contributed by atoms with Gasteiger partial charge in [-0.2, -0.15) is 4.31 Å². The molecule has 0 spiro atoms. The van der Waals surface area contributed by atoms with E-state index in [1.54, 1.807) is 29.4 Å². The van der Waals surface area contributed by atoms with E-state index in [9.17, 15) is 13.2 Å². The fraction of sp³-hybridized carbons (Fsp3) is 0.318.